The fourth-order valence-corrected chi connectivity index (χ4v) is 3.96. The lowest BCUT2D eigenvalue weighted by Gasteiger charge is -2.39. The van der Waals surface area contributed by atoms with Crippen LogP contribution in [-0.4, -0.2) is 44.4 Å². The van der Waals surface area contributed by atoms with Crippen molar-refractivity contribution < 1.29 is 14.3 Å². The maximum Gasteiger partial charge on any atom is 0.227 e. The maximum atomic E-state index is 12.7. The van der Waals surface area contributed by atoms with E-state index in [9.17, 15) is 4.79 Å². The summed E-state index contributed by atoms with van der Waals surface area (Å²) >= 11 is 0. The Labute approximate surface area is 120 Å². The second-order valence-electron chi connectivity index (χ2n) is 6.47. The fraction of sp³-hybridized carbons (Fsp3) is 0.933. The summed E-state index contributed by atoms with van der Waals surface area (Å²) in [7, 11) is 0. The van der Waals surface area contributed by atoms with E-state index in [1.165, 1.54) is 0 Å². The highest BCUT2D eigenvalue weighted by Crippen LogP contribution is 2.36. The minimum atomic E-state index is -0.412. The Hall–Kier alpha value is -0.650. The number of carbonyl (C=O) groups is 1. The van der Waals surface area contributed by atoms with Gasteiger partial charge in [0.25, 0.3) is 0 Å². The minimum Gasteiger partial charge on any atom is -0.381 e. The number of ether oxygens (including phenoxy) is 2. The second-order valence-corrected chi connectivity index (χ2v) is 6.47. The van der Waals surface area contributed by atoms with Crippen molar-refractivity contribution in [1.29, 1.82) is 0 Å². The summed E-state index contributed by atoms with van der Waals surface area (Å²) < 4.78 is 11.2. The average Bonchev–Trinajstić information content (AvgIpc) is 2.97. The summed E-state index contributed by atoms with van der Waals surface area (Å²) in [5.74, 6) is 0.642. The van der Waals surface area contributed by atoms with Crippen molar-refractivity contribution in [3.63, 3.8) is 0 Å². The first-order valence-electron chi connectivity index (χ1n) is 7.95. The molecular weight excluding hydrogens is 256 g/mol. The van der Waals surface area contributed by atoms with Gasteiger partial charge in [-0.25, -0.2) is 0 Å². The zero-order valence-electron chi connectivity index (χ0n) is 12.1. The van der Waals surface area contributed by atoms with Crippen molar-refractivity contribution in [3.8, 4) is 0 Å². The lowest BCUT2D eigenvalue weighted by atomic mass is 9.77. The van der Waals surface area contributed by atoms with Crippen molar-refractivity contribution in [2.45, 2.75) is 50.7 Å². The number of fused-ring (bicyclic) bond motifs is 1. The van der Waals surface area contributed by atoms with Crippen LogP contribution in [0, 0.1) is 11.3 Å². The Kier molecular flexibility index (Phi) is 4.29. The molecule has 3 atom stereocenters. The predicted molar refractivity (Wildman–Crippen MR) is 75.2 cm³/mol. The third-order valence-electron chi connectivity index (χ3n) is 5.42. The molecule has 0 spiro atoms. The molecule has 5 heteroatoms. The lowest BCUT2D eigenvalue weighted by Crippen LogP contribution is -2.54. The summed E-state index contributed by atoms with van der Waals surface area (Å²) in [5, 5.41) is 3.30. The predicted octanol–water partition coefficient (Wildman–Crippen LogP) is 0.816. The topological polar surface area (TPSA) is 73.6 Å². The highest BCUT2D eigenvalue weighted by Gasteiger charge is 2.43. The molecule has 3 aliphatic rings. The molecule has 5 nitrogen and oxygen atoms in total. The zero-order chi connectivity index (χ0) is 14.0. The Morgan fingerprint density at radius 3 is 2.75 bits per heavy atom. The molecule has 0 aromatic carbocycles. The van der Waals surface area contributed by atoms with Crippen LogP contribution in [0.15, 0.2) is 0 Å². The van der Waals surface area contributed by atoms with E-state index in [0.717, 1.165) is 45.1 Å². The van der Waals surface area contributed by atoms with Gasteiger partial charge in [0.2, 0.25) is 5.91 Å². The molecule has 0 aromatic rings. The Balaban J connectivity index is 1.65. The Bertz CT molecular complexity index is 355. The molecule has 2 heterocycles. The van der Waals surface area contributed by atoms with Gasteiger partial charge in [-0.1, -0.05) is 0 Å². The summed E-state index contributed by atoms with van der Waals surface area (Å²) in [6.45, 7) is 2.55. The van der Waals surface area contributed by atoms with Crippen LogP contribution in [0.25, 0.3) is 0 Å². The minimum absolute atomic E-state index is 0.140. The molecule has 0 bridgehead atoms. The number of rotatable bonds is 3. The molecular formula is C15H26N2O3. The number of nitrogens with two attached hydrogens (primary N) is 1. The highest BCUT2D eigenvalue weighted by atomic mass is 16.5. The summed E-state index contributed by atoms with van der Waals surface area (Å²) in [6, 6.07) is 0.273. The van der Waals surface area contributed by atoms with Gasteiger partial charge in [0.05, 0.1) is 11.5 Å². The molecule has 1 aliphatic carbocycles. The zero-order valence-corrected chi connectivity index (χ0v) is 12.1. The van der Waals surface area contributed by atoms with Crippen molar-refractivity contribution in [3.05, 3.63) is 0 Å². The molecule has 2 aliphatic heterocycles. The summed E-state index contributed by atoms with van der Waals surface area (Å²) in [4.78, 5) is 12.7. The normalized spacial score (nSPS) is 36.4. The smallest absolute Gasteiger partial charge is 0.227 e. The van der Waals surface area contributed by atoms with Crippen LogP contribution in [0.1, 0.15) is 38.5 Å². The van der Waals surface area contributed by atoms with Gasteiger partial charge in [0.15, 0.2) is 0 Å². The molecule has 3 N–H and O–H groups in total. The number of hydrogen-bond acceptors (Lipinski definition) is 4. The molecule has 2 saturated heterocycles. The third-order valence-corrected chi connectivity index (χ3v) is 5.42. The van der Waals surface area contributed by atoms with Gasteiger partial charge in [-0.3, -0.25) is 4.79 Å². The monoisotopic (exact) mass is 282 g/mol. The van der Waals surface area contributed by atoms with Crippen LogP contribution in [0.2, 0.25) is 0 Å². The first-order chi connectivity index (χ1) is 9.75. The first kappa shape index (κ1) is 14.3. The number of hydrogen-bond donors (Lipinski definition) is 2. The largest absolute Gasteiger partial charge is 0.381 e. The first-order valence-corrected chi connectivity index (χ1v) is 7.95. The Morgan fingerprint density at radius 2 is 2.00 bits per heavy atom. The van der Waals surface area contributed by atoms with E-state index in [2.05, 4.69) is 5.32 Å². The van der Waals surface area contributed by atoms with E-state index in [-0.39, 0.29) is 11.9 Å². The van der Waals surface area contributed by atoms with Gasteiger partial charge in [0.1, 0.15) is 0 Å². The van der Waals surface area contributed by atoms with E-state index >= 15 is 0 Å². The number of carbonyl (C=O) groups excluding carboxylic acids is 1. The van der Waals surface area contributed by atoms with Gasteiger partial charge in [-0.15, -0.1) is 0 Å². The highest BCUT2D eigenvalue weighted by molar-refractivity contribution is 5.83. The molecule has 3 fully saturated rings. The van der Waals surface area contributed by atoms with Crippen LogP contribution < -0.4 is 11.1 Å². The van der Waals surface area contributed by atoms with Crippen molar-refractivity contribution in [1.82, 2.24) is 5.32 Å². The molecule has 3 rings (SSSR count). The van der Waals surface area contributed by atoms with Gasteiger partial charge in [-0.2, -0.15) is 0 Å². The van der Waals surface area contributed by atoms with Crippen LogP contribution in [0.4, 0.5) is 0 Å². The summed E-state index contributed by atoms with van der Waals surface area (Å²) in [5.41, 5.74) is 5.50. The fourth-order valence-electron chi connectivity index (χ4n) is 3.96. The standard InChI is InChI=1S/C15H26N2O3/c16-10-15(5-8-19-9-6-15)14(18)17-12-2-1-3-13-11(12)4-7-20-13/h11-13H,1-10,16H2,(H,17,18). The van der Waals surface area contributed by atoms with Gasteiger partial charge in [0, 0.05) is 38.3 Å². The van der Waals surface area contributed by atoms with Crippen molar-refractivity contribution >= 4 is 5.91 Å². The van der Waals surface area contributed by atoms with E-state index < -0.39 is 5.41 Å². The average molecular weight is 282 g/mol. The maximum absolute atomic E-state index is 12.7. The van der Waals surface area contributed by atoms with E-state index in [1.807, 2.05) is 0 Å². The number of nitrogens with one attached hydrogen (secondary N) is 1. The van der Waals surface area contributed by atoms with Crippen LogP contribution >= 0.6 is 0 Å². The van der Waals surface area contributed by atoms with Crippen LogP contribution in [0.3, 0.4) is 0 Å². The van der Waals surface area contributed by atoms with Crippen molar-refractivity contribution in [2.75, 3.05) is 26.4 Å². The second kappa shape index (κ2) is 6.00. The summed E-state index contributed by atoms with van der Waals surface area (Å²) in [6.07, 6.45) is 6.29. The molecule has 20 heavy (non-hydrogen) atoms. The van der Waals surface area contributed by atoms with E-state index in [0.29, 0.717) is 31.8 Å². The molecule has 0 aromatic heterocycles. The molecule has 3 unspecified atom stereocenters. The van der Waals surface area contributed by atoms with E-state index in [1.54, 1.807) is 0 Å². The SMILES string of the molecule is NCC1(C(=O)NC2CCCC3OCCC23)CCOCC1. The molecule has 0 radical (unpaired) electrons. The van der Waals surface area contributed by atoms with Crippen molar-refractivity contribution in [2.24, 2.45) is 17.1 Å². The lowest BCUT2D eigenvalue weighted by molar-refractivity contribution is -0.137. The Morgan fingerprint density at radius 1 is 1.20 bits per heavy atom. The van der Waals surface area contributed by atoms with Crippen LogP contribution in [0.5, 0.6) is 0 Å². The third kappa shape index (κ3) is 2.59. The molecule has 114 valence electrons. The number of amides is 1. The quantitative estimate of drug-likeness (QED) is 0.803. The van der Waals surface area contributed by atoms with Gasteiger partial charge >= 0.3 is 0 Å². The van der Waals surface area contributed by atoms with Gasteiger partial charge in [-0.05, 0) is 38.5 Å². The van der Waals surface area contributed by atoms with Gasteiger partial charge < -0.3 is 20.5 Å². The van der Waals surface area contributed by atoms with E-state index in [4.69, 9.17) is 15.2 Å². The van der Waals surface area contributed by atoms with Crippen LogP contribution in [-0.2, 0) is 14.3 Å². The molecule has 1 amide bonds. The molecule has 1 saturated carbocycles.